The van der Waals surface area contributed by atoms with E-state index < -0.39 is 0 Å². The molecule has 0 heterocycles. The van der Waals surface area contributed by atoms with E-state index in [-0.39, 0.29) is 0 Å². The number of hydrogen-bond acceptors (Lipinski definition) is 2. The van der Waals surface area contributed by atoms with E-state index in [0.29, 0.717) is 17.8 Å². The van der Waals surface area contributed by atoms with Gasteiger partial charge in [0.25, 0.3) is 0 Å². The maximum Gasteiger partial charge on any atom is 0.106 e. The standard InChI is InChI=1S/C14H23NO/c1-9(2)12-7-13(10(3)4)11(5)14(8-12)15-16-6/h11-13H,1,3,7-8H2,2,4-6H3/t11?,12-,13+/m0/s1. The average molecular weight is 221 g/mol. The summed E-state index contributed by atoms with van der Waals surface area (Å²) in [7, 11) is 1.61. The van der Waals surface area contributed by atoms with E-state index in [4.69, 9.17) is 4.84 Å². The zero-order valence-corrected chi connectivity index (χ0v) is 10.9. The summed E-state index contributed by atoms with van der Waals surface area (Å²) in [6.07, 6.45) is 2.13. The highest BCUT2D eigenvalue weighted by Gasteiger charge is 2.33. The lowest BCUT2D eigenvalue weighted by Gasteiger charge is -2.35. The number of nitrogens with zero attached hydrogens (tertiary/aromatic N) is 1. The van der Waals surface area contributed by atoms with E-state index in [9.17, 15) is 0 Å². The molecule has 0 aliphatic heterocycles. The van der Waals surface area contributed by atoms with E-state index >= 15 is 0 Å². The molecule has 0 aromatic heterocycles. The van der Waals surface area contributed by atoms with E-state index in [2.05, 4.69) is 39.1 Å². The molecule has 0 spiro atoms. The van der Waals surface area contributed by atoms with E-state index in [1.54, 1.807) is 7.11 Å². The zero-order chi connectivity index (χ0) is 12.3. The minimum Gasteiger partial charge on any atom is -0.399 e. The Morgan fingerprint density at radius 2 is 1.94 bits per heavy atom. The fourth-order valence-electron chi connectivity index (χ4n) is 2.51. The van der Waals surface area contributed by atoms with Crippen molar-refractivity contribution in [2.24, 2.45) is 22.9 Å². The highest BCUT2D eigenvalue weighted by Crippen LogP contribution is 2.38. The second-order valence-corrected chi connectivity index (χ2v) is 4.99. The van der Waals surface area contributed by atoms with Gasteiger partial charge in [-0.1, -0.05) is 36.4 Å². The molecule has 1 unspecified atom stereocenters. The molecule has 1 rings (SSSR count). The monoisotopic (exact) mass is 221 g/mol. The molecule has 0 amide bonds. The lowest BCUT2D eigenvalue weighted by atomic mass is 9.69. The van der Waals surface area contributed by atoms with Gasteiger partial charge in [-0.05, 0) is 38.5 Å². The third kappa shape index (κ3) is 2.75. The molecule has 0 N–H and O–H groups in total. The summed E-state index contributed by atoms with van der Waals surface area (Å²) in [6, 6.07) is 0. The molecule has 1 saturated carbocycles. The van der Waals surface area contributed by atoms with E-state index in [1.165, 1.54) is 11.1 Å². The first kappa shape index (κ1) is 13.0. The summed E-state index contributed by atoms with van der Waals surface area (Å²) in [5.74, 6) is 1.46. The Hall–Kier alpha value is -1.05. The Morgan fingerprint density at radius 1 is 1.31 bits per heavy atom. The van der Waals surface area contributed by atoms with Crippen LogP contribution in [0.25, 0.3) is 0 Å². The van der Waals surface area contributed by atoms with Gasteiger partial charge in [0.2, 0.25) is 0 Å². The summed E-state index contributed by atoms with van der Waals surface area (Å²) in [5, 5.41) is 4.16. The second kappa shape index (κ2) is 5.33. The van der Waals surface area contributed by atoms with Crippen molar-refractivity contribution in [3.63, 3.8) is 0 Å². The van der Waals surface area contributed by atoms with Crippen LogP contribution in [0.2, 0.25) is 0 Å². The lowest BCUT2D eigenvalue weighted by Crippen LogP contribution is -2.32. The van der Waals surface area contributed by atoms with Crippen LogP contribution in [0.4, 0.5) is 0 Å². The lowest BCUT2D eigenvalue weighted by molar-refractivity contribution is 0.204. The third-order valence-electron chi connectivity index (χ3n) is 3.66. The highest BCUT2D eigenvalue weighted by atomic mass is 16.6. The largest absolute Gasteiger partial charge is 0.399 e. The molecule has 1 aliphatic carbocycles. The van der Waals surface area contributed by atoms with Crippen LogP contribution < -0.4 is 0 Å². The predicted octanol–water partition coefficient (Wildman–Crippen LogP) is 3.80. The van der Waals surface area contributed by atoms with Crippen LogP contribution in [0.5, 0.6) is 0 Å². The molecule has 2 heteroatoms. The van der Waals surface area contributed by atoms with Gasteiger partial charge in [-0.25, -0.2) is 0 Å². The molecule has 0 saturated heterocycles. The maximum atomic E-state index is 4.94. The molecule has 3 atom stereocenters. The fourth-order valence-corrected chi connectivity index (χ4v) is 2.51. The van der Waals surface area contributed by atoms with Crippen LogP contribution in [-0.4, -0.2) is 12.8 Å². The summed E-state index contributed by atoms with van der Waals surface area (Å²) < 4.78 is 0. The molecule has 0 radical (unpaired) electrons. The van der Waals surface area contributed by atoms with Gasteiger partial charge in [0.05, 0.1) is 5.71 Å². The quantitative estimate of drug-likeness (QED) is 0.524. The normalized spacial score (nSPS) is 32.5. The van der Waals surface area contributed by atoms with Gasteiger partial charge in [0.1, 0.15) is 7.11 Å². The Labute approximate surface area is 99.1 Å². The Morgan fingerprint density at radius 3 is 2.38 bits per heavy atom. The van der Waals surface area contributed by atoms with Crippen molar-refractivity contribution in [3.05, 3.63) is 24.3 Å². The Balaban J connectivity index is 2.92. The second-order valence-electron chi connectivity index (χ2n) is 4.99. The summed E-state index contributed by atoms with van der Waals surface area (Å²) in [5.41, 5.74) is 3.62. The first-order valence-electron chi connectivity index (χ1n) is 5.88. The Bertz CT molecular complexity index is 317. The molecule has 2 nitrogen and oxygen atoms in total. The van der Waals surface area contributed by atoms with Crippen molar-refractivity contribution in [1.82, 2.24) is 0 Å². The highest BCUT2D eigenvalue weighted by molar-refractivity contribution is 5.88. The topological polar surface area (TPSA) is 21.6 Å². The summed E-state index contributed by atoms with van der Waals surface area (Å²) >= 11 is 0. The van der Waals surface area contributed by atoms with E-state index in [1.807, 2.05) is 0 Å². The van der Waals surface area contributed by atoms with Crippen molar-refractivity contribution in [1.29, 1.82) is 0 Å². The molecular weight excluding hydrogens is 198 g/mol. The number of rotatable bonds is 3. The van der Waals surface area contributed by atoms with Crippen molar-refractivity contribution in [3.8, 4) is 0 Å². The molecular formula is C14H23NO. The fraction of sp³-hybridized carbons (Fsp3) is 0.643. The number of hydrogen-bond donors (Lipinski definition) is 0. The molecule has 1 fully saturated rings. The van der Waals surface area contributed by atoms with Gasteiger partial charge < -0.3 is 4.84 Å². The van der Waals surface area contributed by atoms with Gasteiger partial charge in [0, 0.05) is 5.92 Å². The third-order valence-corrected chi connectivity index (χ3v) is 3.66. The first-order chi connectivity index (χ1) is 7.47. The van der Waals surface area contributed by atoms with Crippen LogP contribution in [0, 0.1) is 17.8 Å². The van der Waals surface area contributed by atoms with Gasteiger partial charge in [-0.3, -0.25) is 0 Å². The van der Waals surface area contributed by atoms with Gasteiger partial charge in [-0.15, -0.1) is 0 Å². The molecule has 0 bridgehead atoms. The maximum absolute atomic E-state index is 4.94. The van der Waals surface area contributed by atoms with Crippen molar-refractivity contribution < 1.29 is 4.84 Å². The van der Waals surface area contributed by atoms with Crippen molar-refractivity contribution in [2.75, 3.05) is 7.11 Å². The number of allylic oxidation sites excluding steroid dienone is 2. The van der Waals surface area contributed by atoms with Crippen molar-refractivity contribution in [2.45, 2.75) is 33.6 Å². The Kier molecular flexibility index (Phi) is 4.34. The number of oxime groups is 1. The SMILES string of the molecule is C=C(C)[C@@H]1CC(=NOC)C(C)[C@@H](C(=C)C)C1. The molecule has 90 valence electrons. The van der Waals surface area contributed by atoms with Gasteiger partial charge >= 0.3 is 0 Å². The molecule has 16 heavy (non-hydrogen) atoms. The molecule has 0 aromatic rings. The minimum atomic E-state index is 0.438. The van der Waals surface area contributed by atoms with Crippen LogP contribution >= 0.6 is 0 Å². The smallest absolute Gasteiger partial charge is 0.106 e. The summed E-state index contributed by atoms with van der Waals surface area (Å²) in [6.45, 7) is 14.6. The van der Waals surface area contributed by atoms with Gasteiger partial charge in [0.15, 0.2) is 0 Å². The van der Waals surface area contributed by atoms with E-state index in [0.717, 1.165) is 18.6 Å². The first-order valence-corrected chi connectivity index (χ1v) is 5.88. The van der Waals surface area contributed by atoms with Crippen LogP contribution in [0.15, 0.2) is 29.5 Å². The summed E-state index contributed by atoms with van der Waals surface area (Å²) in [4.78, 5) is 4.94. The average Bonchev–Trinajstić information content (AvgIpc) is 2.20. The van der Waals surface area contributed by atoms with Crippen LogP contribution in [0.3, 0.4) is 0 Å². The minimum absolute atomic E-state index is 0.438. The van der Waals surface area contributed by atoms with Crippen molar-refractivity contribution >= 4 is 5.71 Å². The predicted molar refractivity (Wildman–Crippen MR) is 69.5 cm³/mol. The van der Waals surface area contributed by atoms with Crippen LogP contribution in [-0.2, 0) is 4.84 Å². The molecule has 0 aromatic carbocycles. The zero-order valence-electron chi connectivity index (χ0n) is 10.9. The molecule has 1 aliphatic rings. The van der Waals surface area contributed by atoms with Gasteiger partial charge in [-0.2, -0.15) is 0 Å². The van der Waals surface area contributed by atoms with Crippen LogP contribution in [0.1, 0.15) is 33.6 Å².